The molecule has 2 unspecified atom stereocenters. The molecule has 0 radical (unpaired) electrons. The summed E-state index contributed by atoms with van der Waals surface area (Å²) >= 11 is 1.28. The van der Waals surface area contributed by atoms with Gasteiger partial charge in [-0.15, -0.1) is 0 Å². The van der Waals surface area contributed by atoms with Crippen molar-refractivity contribution in [3.8, 4) is 6.07 Å². The van der Waals surface area contributed by atoms with E-state index in [-0.39, 0.29) is 17.5 Å². The van der Waals surface area contributed by atoms with Crippen LogP contribution in [0.2, 0.25) is 0 Å². The summed E-state index contributed by atoms with van der Waals surface area (Å²) in [4.78, 5) is 28.7. The topological polar surface area (TPSA) is 105 Å². The van der Waals surface area contributed by atoms with Crippen molar-refractivity contribution in [3.05, 3.63) is 59.7 Å². The molecule has 1 amide bonds. The number of sulfone groups is 1. The lowest BCUT2D eigenvalue weighted by molar-refractivity contribution is -0.138. The summed E-state index contributed by atoms with van der Waals surface area (Å²) in [6.07, 6.45) is 1.05. The van der Waals surface area contributed by atoms with Gasteiger partial charge in [0.2, 0.25) is 0 Å². The summed E-state index contributed by atoms with van der Waals surface area (Å²) in [5.74, 6) is -1.05. The number of hydrogen-bond donors (Lipinski definition) is 0. The number of rotatable bonds is 8. The van der Waals surface area contributed by atoms with E-state index in [0.29, 0.717) is 33.8 Å². The van der Waals surface area contributed by atoms with E-state index in [1.54, 1.807) is 47.4 Å². The van der Waals surface area contributed by atoms with Gasteiger partial charge in [0.15, 0.2) is 16.4 Å². The van der Waals surface area contributed by atoms with Crippen LogP contribution in [0.4, 0.5) is 0 Å². The number of nitriles is 1. The van der Waals surface area contributed by atoms with Gasteiger partial charge in [0, 0.05) is 21.9 Å². The van der Waals surface area contributed by atoms with Crippen molar-refractivity contribution in [2.24, 2.45) is 0 Å². The van der Waals surface area contributed by atoms with Gasteiger partial charge in [-0.1, -0.05) is 43.0 Å². The van der Waals surface area contributed by atoms with Crippen LogP contribution in [0.1, 0.15) is 42.6 Å². The first-order valence-electron chi connectivity index (χ1n) is 10.7. The van der Waals surface area contributed by atoms with Crippen molar-refractivity contribution in [1.29, 1.82) is 5.26 Å². The van der Waals surface area contributed by atoms with E-state index < -0.39 is 34.4 Å². The quantitative estimate of drug-likeness (QED) is 0.524. The zero-order valence-corrected chi connectivity index (χ0v) is 20.2. The standard InChI is InChI=1S/C24H26N2O5S2/c1-3-17(2)26(19-12-13-33(29,30)16-19)23(27)15-31-24(28)20-9-5-7-11-22(20)32-21-10-6-4-8-18(21)14-25/h4-11,17,19H,3,12-13,15-16H2,1-2H3. The summed E-state index contributed by atoms with van der Waals surface area (Å²) in [6, 6.07) is 15.5. The third kappa shape index (κ3) is 6.15. The van der Waals surface area contributed by atoms with Crippen LogP contribution in [0, 0.1) is 11.3 Å². The summed E-state index contributed by atoms with van der Waals surface area (Å²) in [6.45, 7) is 3.32. The Labute approximate surface area is 198 Å². The molecule has 0 bridgehead atoms. The average molecular weight is 487 g/mol. The summed E-state index contributed by atoms with van der Waals surface area (Å²) in [7, 11) is -3.16. The van der Waals surface area contributed by atoms with E-state index in [4.69, 9.17) is 4.74 Å². The van der Waals surface area contributed by atoms with Gasteiger partial charge in [-0.3, -0.25) is 4.79 Å². The summed E-state index contributed by atoms with van der Waals surface area (Å²) < 4.78 is 29.2. The molecule has 0 aliphatic carbocycles. The van der Waals surface area contributed by atoms with Gasteiger partial charge in [0.05, 0.1) is 22.6 Å². The SMILES string of the molecule is CCC(C)N(C(=O)COC(=O)c1ccccc1Sc1ccccc1C#N)C1CCS(=O)(=O)C1. The van der Waals surface area contributed by atoms with Crippen LogP contribution in [0.25, 0.3) is 0 Å². The number of ether oxygens (including phenoxy) is 1. The molecule has 3 rings (SSSR count). The molecule has 1 saturated heterocycles. The molecule has 0 saturated carbocycles. The Morgan fingerprint density at radius 3 is 2.48 bits per heavy atom. The van der Waals surface area contributed by atoms with Crippen molar-refractivity contribution in [3.63, 3.8) is 0 Å². The molecule has 2 aromatic rings. The molecule has 1 fully saturated rings. The Morgan fingerprint density at radius 2 is 1.85 bits per heavy atom. The number of amides is 1. The number of carbonyl (C=O) groups excluding carboxylic acids is 2. The van der Waals surface area contributed by atoms with E-state index in [0.717, 1.165) is 0 Å². The smallest absolute Gasteiger partial charge is 0.339 e. The molecule has 0 spiro atoms. The average Bonchev–Trinajstić information content (AvgIpc) is 3.17. The normalized spacial score (nSPS) is 17.7. The highest BCUT2D eigenvalue weighted by atomic mass is 32.2. The van der Waals surface area contributed by atoms with Crippen molar-refractivity contribution in [2.75, 3.05) is 18.1 Å². The first-order valence-corrected chi connectivity index (χ1v) is 13.3. The monoisotopic (exact) mass is 486 g/mol. The second kappa shape index (κ2) is 10.9. The van der Waals surface area contributed by atoms with Crippen LogP contribution in [-0.4, -0.2) is 55.4 Å². The van der Waals surface area contributed by atoms with E-state index >= 15 is 0 Å². The molecule has 9 heteroatoms. The van der Waals surface area contributed by atoms with Crippen LogP contribution in [-0.2, 0) is 19.4 Å². The van der Waals surface area contributed by atoms with Crippen LogP contribution in [0.15, 0.2) is 58.3 Å². The maximum Gasteiger partial charge on any atom is 0.339 e. The van der Waals surface area contributed by atoms with E-state index in [1.807, 2.05) is 19.9 Å². The Kier molecular flexibility index (Phi) is 8.16. The lowest BCUT2D eigenvalue weighted by Crippen LogP contribution is -2.48. The van der Waals surface area contributed by atoms with Gasteiger partial charge >= 0.3 is 5.97 Å². The first kappa shape index (κ1) is 24.8. The Balaban J connectivity index is 1.72. The molecule has 1 aliphatic rings. The Morgan fingerprint density at radius 1 is 1.18 bits per heavy atom. The molecule has 174 valence electrons. The third-order valence-corrected chi connectivity index (χ3v) is 8.52. The van der Waals surface area contributed by atoms with Gasteiger partial charge in [0.1, 0.15) is 6.07 Å². The lowest BCUT2D eigenvalue weighted by Gasteiger charge is -2.33. The highest BCUT2D eigenvalue weighted by Crippen LogP contribution is 2.33. The molecule has 7 nitrogen and oxygen atoms in total. The zero-order valence-electron chi connectivity index (χ0n) is 18.6. The van der Waals surface area contributed by atoms with Gasteiger partial charge in [-0.2, -0.15) is 5.26 Å². The molecule has 0 aromatic heterocycles. The molecule has 33 heavy (non-hydrogen) atoms. The highest BCUT2D eigenvalue weighted by molar-refractivity contribution is 7.99. The van der Waals surface area contributed by atoms with Crippen LogP contribution in [0.3, 0.4) is 0 Å². The minimum Gasteiger partial charge on any atom is -0.452 e. The van der Waals surface area contributed by atoms with Crippen LogP contribution < -0.4 is 0 Å². The fraction of sp³-hybridized carbons (Fsp3) is 0.375. The number of esters is 1. The fourth-order valence-electron chi connectivity index (χ4n) is 3.77. The maximum absolute atomic E-state index is 12.9. The van der Waals surface area contributed by atoms with E-state index in [1.165, 1.54) is 11.8 Å². The summed E-state index contributed by atoms with van der Waals surface area (Å²) in [5, 5.41) is 9.32. The minimum absolute atomic E-state index is 0.0607. The molecule has 2 atom stereocenters. The number of nitrogens with zero attached hydrogens (tertiary/aromatic N) is 2. The van der Waals surface area contributed by atoms with Crippen molar-refractivity contribution >= 4 is 33.5 Å². The number of hydrogen-bond acceptors (Lipinski definition) is 7. The van der Waals surface area contributed by atoms with E-state index in [9.17, 15) is 23.3 Å². The maximum atomic E-state index is 12.9. The van der Waals surface area contributed by atoms with Crippen LogP contribution in [0.5, 0.6) is 0 Å². The Bertz CT molecular complexity index is 1170. The minimum atomic E-state index is -3.16. The highest BCUT2D eigenvalue weighted by Gasteiger charge is 2.36. The second-order valence-corrected chi connectivity index (χ2v) is 11.2. The van der Waals surface area contributed by atoms with Gasteiger partial charge in [0.25, 0.3) is 5.91 Å². The predicted octanol–water partition coefficient (Wildman–Crippen LogP) is 3.68. The molecule has 1 heterocycles. The third-order valence-electron chi connectivity index (χ3n) is 5.62. The molecule has 2 aromatic carbocycles. The lowest BCUT2D eigenvalue weighted by atomic mass is 10.1. The fourth-order valence-corrected chi connectivity index (χ4v) is 6.50. The van der Waals surface area contributed by atoms with Crippen molar-refractivity contribution in [2.45, 2.75) is 48.6 Å². The van der Waals surface area contributed by atoms with Gasteiger partial charge in [-0.05, 0) is 44.0 Å². The molecular formula is C24H26N2O5S2. The number of carbonyl (C=O) groups is 2. The Hall–Kier alpha value is -2.83. The molecule has 0 N–H and O–H groups in total. The first-order chi connectivity index (χ1) is 15.8. The van der Waals surface area contributed by atoms with Crippen LogP contribution >= 0.6 is 11.8 Å². The van der Waals surface area contributed by atoms with Gasteiger partial charge in [-0.25, -0.2) is 13.2 Å². The van der Waals surface area contributed by atoms with Gasteiger partial charge < -0.3 is 9.64 Å². The number of benzene rings is 2. The van der Waals surface area contributed by atoms with Crippen molar-refractivity contribution in [1.82, 2.24) is 4.90 Å². The molecular weight excluding hydrogens is 460 g/mol. The molecule has 1 aliphatic heterocycles. The van der Waals surface area contributed by atoms with E-state index in [2.05, 4.69) is 6.07 Å². The zero-order chi connectivity index (χ0) is 24.0. The summed E-state index contributed by atoms with van der Waals surface area (Å²) in [5.41, 5.74) is 0.790. The van der Waals surface area contributed by atoms with Crippen molar-refractivity contribution < 1.29 is 22.7 Å². The predicted molar refractivity (Wildman–Crippen MR) is 126 cm³/mol. The largest absolute Gasteiger partial charge is 0.452 e. The second-order valence-electron chi connectivity index (χ2n) is 7.90.